The fourth-order valence-electron chi connectivity index (χ4n) is 0.961. The van der Waals surface area contributed by atoms with Crippen LogP contribution in [0, 0.1) is 0 Å². The van der Waals surface area contributed by atoms with Crippen LogP contribution in [0.1, 0.15) is 54.4 Å². The summed E-state index contributed by atoms with van der Waals surface area (Å²) < 4.78 is 0. The summed E-state index contributed by atoms with van der Waals surface area (Å²) in [7, 11) is 0. The fourth-order valence-corrected chi connectivity index (χ4v) is 0.961. The topological polar surface area (TPSA) is 74.2 Å². The molecular weight excluding hydrogens is 252 g/mol. The van der Waals surface area contributed by atoms with Crippen molar-refractivity contribution < 1.29 is 29.5 Å². The maximum Gasteiger partial charge on any atom is 0.336 e. The quantitative estimate of drug-likeness (QED) is 0.418. The van der Waals surface area contributed by atoms with Gasteiger partial charge in [-0.15, -0.1) is 0 Å². The number of hydrogen-bond donors (Lipinski definition) is 1. The van der Waals surface area contributed by atoms with Crippen LogP contribution in [-0.4, -0.2) is 35.0 Å². The Labute approximate surface area is 114 Å². The van der Waals surface area contributed by atoms with E-state index < -0.39 is 17.7 Å². The predicted molar refractivity (Wildman–Crippen MR) is 69.4 cm³/mol. The van der Waals surface area contributed by atoms with Gasteiger partial charge < -0.3 is 5.11 Å². The van der Waals surface area contributed by atoms with Crippen LogP contribution in [0.15, 0.2) is 0 Å². The highest BCUT2D eigenvalue weighted by molar-refractivity contribution is 5.72. The number of carboxylic acids is 1. The largest absolute Gasteiger partial charge is 0.479 e. The number of carbonyl (C=O) groups is 1. The van der Waals surface area contributed by atoms with Gasteiger partial charge in [0.1, 0.15) is 0 Å². The van der Waals surface area contributed by atoms with Crippen LogP contribution in [0.3, 0.4) is 0 Å². The van der Waals surface area contributed by atoms with Gasteiger partial charge >= 0.3 is 5.97 Å². The molecule has 0 aliphatic heterocycles. The molecule has 0 aliphatic carbocycles. The zero-order chi connectivity index (χ0) is 15.1. The molecule has 0 saturated heterocycles. The van der Waals surface area contributed by atoms with Gasteiger partial charge in [-0.1, -0.05) is 0 Å². The van der Waals surface area contributed by atoms with Gasteiger partial charge in [0.15, 0.2) is 6.10 Å². The molecular formula is C13H26O6. The maximum absolute atomic E-state index is 11.0. The van der Waals surface area contributed by atoms with E-state index in [1.54, 1.807) is 20.8 Å². The van der Waals surface area contributed by atoms with E-state index in [1.807, 2.05) is 20.8 Å². The van der Waals surface area contributed by atoms with Crippen molar-refractivity contribution in [2.24, 2.45) is 0 Å². The summed E-state index contributed by atoms with van der Waals surface area (Å²) in [6.45, 7) is 11.3. The molecule has 0 aromatic carbocycles. The highest BCUT2D eigenvalue weighted by Crippen LogP contribution is 2.13. The van der Waals surface area contributed by atoms with Crippen LogP contribution in [0.4, 0.5) is 0 Å². The number of carboxylic acid groups (broad SMARTS) is 1. The van der Waals surface area contributed by atoms with E-state index in [2.05, 4.69) is 0 Å². The van der Waals surface area contributed by atoms with Crippen molar-refractivity contribution in [3.63, 3.8) is 0 Å². The lowest BCUT2D eigenvalue weighted by molar-refractivity contribution is -0.371. The summed E-state index contributed by atoms with van der Waals surface area (Å²) in [6.07, 6.45) is -0.211. The van der Waals surface area contributed by atoms with Gasteiger partial charge in [0.2, 0.25) is 0 Å². The molecule has 19 heavy (non-hydrogen) atoms. The lowest BCUT2D eigenvalue weighted by atomic mass is 10.2. The first-order chi connectivity index (χ1) is 8.51. The molecule has 1 atom stereocenters. The van der Waals surface area contributed by atoms with Gasteiger partial charge in [-0.05, 0) is 54.4 Å². The summed E-state index contributed by atoms with van der Waals surface area (Å²) in [4.78, 5) is 30.9. The van der Waals surface area contributed by atoms with Crippen LogP contribution < -0.4 is 0 Å². The van der Waals surface area contributed by atoms with Crippen molar-refractivity contribution in [1.29, 1.82) is 0 Å². The molecule has 0 bridgehead atoms. The Hall–Kier alpha value is -0.690. The average molecular weight is 278 g/mol. The van der Waals surface area contributed by atoms with Crippen molar-refractivity contribution in [2.75, 3.05) is 6.61 Å². The van der Waals surface area contributed by atoms with E-state index in [9.17, 15) is 4.79 Å². The Balaban J connectivity index is 3.87. The van der Waals surface area contributed by atoms with Crippen molar-refractivity contribution in [3.05, 3.63) is 0 Å². The Kier molecular flexibility index (Phi) is 7.51. The zero-order valence-electron chi connectivity index (χ0n) is 12.7. The SMILES string of the molecule is CC(C)(C)OOCCCC(OOC(C)(C)C)C(=O)O. The van der Waals surface area contributed by atoms with Crippen LogP contribution in [-0.2, 0) is 24.3 Å². The Morgan fingerprint density at radius 1 is 1.05 bits per heavy atom. The van der Waals surface area contributed by atoms with E-state index in [0.29, 0.717) is 19.4 Å². The monoisotopic (exact) mass is 278 g/mol. The Morgan fingerprint density at radius 2 is 1.58 bits per heavy atom. The van der Waals surface area contributed by atoms with E-state index in [4.69, 9.17) is 24.7 Å². The lowest BCUT2D eigenvalue weighted by Crippen LogP contribution is -2.30. The second-order valence-electron chi connectivity index (χ2n) is 6.28. The van der Waals surface area contributed by atoms with Crippen LogP contribution in [0.5, 0.6) is 0 Å². The molecule has 114 valence electrons. The van der Waals surface area contributed by atoms with Gasteiger partial charge in [-0.25, -0.2) is 24.3 Å². The molecule has 0 aliphatic rings. The van der Waals surface area contributed by atoms with E-state index >= 15 is 0 Å². The zero-order valence-corrected chi connectivity index (χ0v) is 12.7. The molecule has 1 N–H and O–H groups in total. The normalized spacial score (nSPS) is 14.4. The second-order valence-corrected chi connectivity index (χ2v) is 6.28. The molecule has 0 heterocycles. The third kappa shape index (κ3) is 12.1. The maximum atomic E-state index is 11.0. The summed E-state index contributed by atoms with van der Waals surface area (Å²) in [5.41, 5.74) is -0.919. The van der Waals surface area contributed by atoms with Crippen molar-refractivity contribution in [3.8, 4) is 0 Å². The second kappa shape index (κ2) is 7.79. The number of rotatable bonds is 8. The molecule has 0 saturated carbocycles. The molecule has 0 aromatic rings. The molecule has 6 heteroatoms. The third-order valence-corrected chi connectivity index (χ3v) is 1.69. The van der Waals surface area contributed by atoms with Crippen LogP contribution in [0.2, 0.25) is 0 Å². The molecule has 0 amide bonds. The minimum Gasteiger partial charge on any atom is -0.479 e. The first-order valence-corrected chi connectivity index (χ1v) is 6.39. The average Bonchev–Trinajstić information content (AvgIpc) is 2.18. The Bertz CT molecular complexity index is 263. The van der Waals surface area contributed by atoms with Gasteiger partial charge in [-0.3, -0.25) is 0 Å². The van der Waals surface area contributed by atoms with Gasteiger partial charge in [0.05, 0.1) is 17.8 Å². The first-order valence-electron chi connectivity index (χ1n) is 6.39. The van der Waals surface area contributed by atoms with Gasteiger partial charge in [-0.2, -0.15) is 0 Å². The van der Waals surface area contributed by atoms with Gasteiger partial charge in [0.25, 0.3) is 0 Å². The fraction of sp³-hybridized carbons (Fsp3) is 0.923. The molecule has 1 unspecified atom stereocenters. The van der Waals surface area contributed by atoms with Crippen LogP contribution >= 0.6 is 0 Å². The van der Waals surface area contributed by atoms with E-state index in [1.165, 1.54) is 0 Å². The Morgan fingerprint density at radius 3 is 2.00 bits per heavy atom. The molecule has 0 rings (SSSR count). The summed E-state index contributed by atoms with van der Waals surface area (Å²) in [5.74, 6) is -1.05. The summed E-state index contributed by atoms with van der Waals surface area (Å²) in [5, 5.41) is 8.98. The van der Waals surface area contributed by atoms with E-state index in [0.717, 1.165) is 0 Å². The smallest absolute Gasteiger partial charge is 0.336 e. The molecule has 6 nitrogen and oxygen atoms in total. The number of hydrogen-bond acceptors (Lipinski definition) is 5. The molecule has 0 aromatic heterocycles. The standard InChI is InChI=1S/C13H26O6/c1-12(2,3)18-16-9-7-8-10(11(14)15)17-19-13(4,5)6/h10H,7-9H2,1-6H3,(H,14,15). The highest BCUT2D eigenvalue weighted by Gasteiger charge is 2.23. The van der Waals surface area contributed by atoms with Crippen molar-refractivity contribution in [2.45, 2.75) is 71.7 Å². The third-order valence-electron chi connectivity index (χ3n) is 1.69. The predicted octanol–water partition coefficient (Wildman–Crippen LogP) is 2.71. The first kappa shape index (κ1) is 18.3. The summed E-state index contributed by atoms with van der Waals surface area (Å²) >= 11 is 0. The molecule has 0 radical (unpaired) electrons. The molecule has 0 spiro atoms. The van der Waals surface area contributed by atoms with E-state index in [-0.39, 0.29) is 5.60 Å². The minimum atomic E-state index is -1.05. The molecule has 0 fully saturated rings. The highest BCUT2D eigenvalue weighted by atomic mass is 17.2. The number of aliphatic carboxylic acids is 1. The van der Waals surface area contributed by atoms with Crippen molar-refractivity contribution in [1.82, 2.24) is 0 Å². The lowest BCUT2D eigenvalue weighted by Gasteiger charge is -2.21. The minimum absolute atomic E-state index is 0.291. The van der Waals surface area contributed by atoms with Gasteiger partial charge in [0, 0.05) is 0 Å². The van der Waals surface area contributed by atoms with Crippen LogP contribution in [0.25, 0.3) is 0 Å². The van der Waals surface area contributed by atoms with Crippen molar-refractivity contribution >= 4 is 5.97 Å². The summed E-state index contributed by atoms with van der Waals surface area (Å²) in [6, 6.07) is 0.